The van der Waals surface area contributed by atoms with Gasteiger partial charge >= 0.3 is 0 Å². The zero-order valence-electron chi connectivity index (χ0n) is 11.9. The Morgan fingerprint density at radius 2 is 1.71 bits per heavy atom. The summed E-state index contributed by atoms with van der Waals surface area (Å²) in [5, 5.41) is 12.8. The molecule has 0 aromatic heterocycles. The molecule has 0 amide bonds. The summed E-state index contributed by atoms with van der Waals surface area (Å²) in [6.07, 6.45) is 0.170. The monoisotopic (exact) mass is 340 g/mol. The van der Waals surface area contributed by atoms with Gasteiger partial charge in [-0.05, 0) is 47.0 Å². The van der Waals surface area contributed by atoms with E-state index in [1.54, 1.807) is 0 Å². The average Bonchev–Trinajstić information content (AvgIpc) is 2.46. The molecule has 0 spiro atoms. The van der Waals surface area contributed by atoms with Crippen molar-refractivity contribution in [3.63, 3.8) is 0 Å². The summed E-state index contributed by atoms with van der Waals surface area (Å²) < 4.78 is 1.07. The highest BCUT2D eigenvalue weighted by Crippen LogP contribution is 2.25. The number of aliphatic hydroxyl groups is 1. The number of hydrogen-bond donors (Lipinski definition) is 1. The van der Waals surface area contributed by atoms with Crippen LogP contribution in [0.5, 0.6) is 0 Å². The molecule has 0 saturated heterocycles. The van der Waals surface area contributed by atoms with Crippen molar-refractivity contribution in [3.05, 3.63) is 81.8 Å². The molecule has 3 rings (SSSR count). The highest BCUT2D eigenvalue weighted by Gasteiger charge is 2.09. The third kappa shape index (κ3) is 3.34. The molecule has 0 aliphatic rings. The molecule has 1 N–H and O–H groups in total. The summed E-state index contributed by atoms with van der Waals surface area (Å²) in [6, 6.07) is 20.6. The number of fused-ring (bicyclic) bond motifs is 1. The molecule has 1 atom stereocenters. The number of aryl methyl sites for hydroxylation is 1. The zero-order valence-corrected chi connectivity index (χ0v) is 13.5. The molecule has 0 saturated carbocycles. The van der Waals surface area contributed by atoms with Gasteiger partial charge in [-0.2, -0.15) is 0 Å². The van der Waals surface area contributed by atoms with E-state index in [1.807, 2.05) is 18.2 Å². The van der Waals surface area contributed by atoms with Crippen molar-refractivity contribution in [1.82, 2.24) is 0 Å². The molecule has 2 heteroatoms. The number of rotatable bonds is 3. The van der Waals surface area contributed by atoms with E-state index in [1.165, 1.54) is 16.5 Å². The summed E-state index contributed by atoms with van der Waals surface area (Å²) in [5.41, 5.74) is 3.35. The molecule has 21 heavy (non-hydrogen) atoms. The van der Waals surface area contributed by atoms with Gasteiger partial charge in [0.15, 0.2) is 0 Å². The summed E-state index contributed by atoms with van der Waals surface area (Å²) in [4.78, 5) is 0. The predicted octanol–water partition coefficient (Wildman–Crippen LogP) is 5.19. The fourth-order valence-electron chi connectivity index (χ4n) is 2.62. The number of halogens is 1. The maximum atomic E-state index is 10.5. The second-order valence-electron chi connectivity index (χ2n) is 5.46. The lowest BCUT2D eigenvalue weighted by molar-refractivity contribution is 0.178. The highest BCUT2D eigenvalue weighted by molar-refractivity contribution is 9.10. The second-order valence-corrected chi connectivity index (χ2v) is 6.38. The Labute approximate surface area is 133 Å². The lowest BCUT2D eigenvalue weighted by Gasteiger charge is -2.12. The quantitative estimate of drug-likeness (QED) is 0.695. The van der Waals surface area contributed by atoms with E-state index in [9.17, 15) is 5.11 Å². The van der Waals surface area contributed by atoms with Crippen molar-refractivity contribution < 1.29 is 5.11 Å². The van der Waals surface area contributed by atoms with Crippen molar-refractivity contribution in [2.45, 2.75) is 19.4 Å². The average molecular weight is 341 g/mol. The van der Waals surface area contributed by atoms with E-state index in [0.717, 1.165) is 15.4 Å². The Hall–Kier alpha value is -1.64. The van der Waals surface area contributed by atoms with E-state index in [2.05, 4.69) is 65.3 Å². The van der Waals surface area contributed by atoms with E-state index in [4.69, 9.17) is 0 Å². The van der Waals surface area contributed by atoms with Crippen LogP contribution in [-0.4, -0.2) is 5.11 Å². The Kier molecular flexibility index (Phi) is 4.09. The van der Waals surface area contributed by atoms with Crippen LogP contribution in [0.2, 0.25) is 0 Å². The Morgan fingerprint density at radius 1 is 0.952 bits per heavy atom. The molecule has 0 heterocycles. The molecule has 106 valence electrons. The van der Waals surface area contributed by atoms with Gasteiger partial charge in [0.2, 0.25) is 0 Å². The van der Waals surface area contributed by atoms with Gasteiger partial charge in [-0.25, -0.2) is 0 Å². The highest BCUT2D eigenvalue weighted by atomic mass is 79.9. The minimum absolute atomic E-state index is 0.472. The van der Waals surface area contributed by atoms with Crippen LogP contribution in [0.3, 0.4) is 0 Å². The minimum atomic E-state index is -0.472. The van der Waals surface area contributed by atoms with Gasteiger partial charge < -0.3 is 5.11 Å². The standard InChI is InChI=1S/C19H17BrO/c1-13-3-2-4-14(9-13)10-19(21)17-6-5-16-12-18(20)8-7-15(16)11-17/h2-9,11-12,19,21H,10H2,1H3. The number of benzene rings is 3. The summed E-state index contributed by atoms with van der Waals surface area (Å²) in [7, 11) is 0. The van der Waals surface area contributed by atoms with Crippen LogP contribution in [0.25, 0.3) is 10.8 Å². The van der Waals surface area contributed by atoms with Crippen molar-refractivity contribution in [1.29, 1.82) is 0 Å². The van der Waals surface area contributed by atoms with Crippen LogP contribution in [0, 0.1) is 6.92 Å². The molecule has 0 radical (unpaired) electrons. The molecule has 3 aromatic rings. The summed E-state index contributed by atoms with van der Waals surface area (Å²) in [6.45, 7) is 2.07. The van der Waals surface area contributed by atoms with Crippen LogP contribution >= 0.6 is 15.9 Å². The lowest BCUT2D eigenvalue weighted by Crippen LogP contribution is -2.02. The topological polar surface area (TPSA) is 20.2 Å². The summed E-state index contributed by atoms with van der Waals surface area (Å²) >= 11 is 3.48. The third-order valence-corrected chi connectivity index (χ3v) is 4.22. The minimum Gasteiger partial charge on any atom is -0.388 e. The largest absolute Gasteiger partial charge is 0.388 e. The normalized spacial score (nSPS) is 12.5. The molecular formula is C19H17BrO. The van der Waals surface area contributed by atoms with Crippen molar-refractivity contribution in [3.8, 4) is 0 Å². The maximum Gasteiger partial charge on any atom is 0.0830 e. The van der Waals surface area contributed by atoms with Gasteiger partial charge in [-0.15, -0.1) is 0 Å². The van der Waals surface area contributed by atoms with Gasteiger partial charge in [0, 0.05) is 10.9 Å². The van der Waals surface area contributed by atoms with Gasteiger partial charge in [-0.1, -0.05) is 64.0 Å². The molecule has 0 aliphatic carbocycles. The van der Waals surface area contributed by atoms with Crippen molar-refractivity contribution >= 4 is 26.7 Å². The Bertz CT molecular complexity index is 779. The molecule has 0 fully saturated rings. The predicted molar refractivity (Wildman–Crippen MR) is 91.5 cm³/mol. The molecule has 0 bridgehead atoms. The third-order valence-electron chi connectivity index (χ3n) is 3.72. The Balaban J connectivity index is 1.87. The molecule has 1 nitrogen and oxygen atoms in total. The number of aliphatic hydroxyl groups excluding tert-OH is 1. The van der Waals surface area contributed by atoms with E-state index < -0.39 is 6.10 Å². The van der Waals surface area contributed by atoms with E-state index in [-0.39, 0.29) is 0 Å². The second kappa shape index (κ2) is 6.00. The van der Waals surface area contributed by atoms with Gasteiger partial charge in [-0.3, -0.25) is 0 Å². The first-order chi connectivity index (χ1) is 10.1. The van der Waals surface area contributed by atoms with Crippen LogP contribution in [0.4, 0.5) is 0 Å². The lowest BCUT2D eigenvalue weighted by atomic mass is 9.98. The van der Waals surface area contributed by atoms with Gasteiger partial charge in [0.25, 0.3) is 0 Å². The fourth-order valence-corrected chi connectivity index (χ4v) is 3.00. The van der Waals surface area contributed by atoms with Crippen LogP contribution in [-0.2, 0) is 6.42 Å². The van der Waals surface area contributed by atoms with Crippen LogP contribution < -0.4 is 0 Å². The molecular weight excluding hydrogens is 324 g/mol. The van der Waals surface area contributed by atoms with Gasteiger partial charge in [0.05, 0.1) is 6.10 Å². The van der Waals surface area contributed by atoms with E-state index >= 15 is 0 Å². The van der Waals surface area contributed by atoms with Gasteiger partial charge in [0.1, 0.15) is 0 Å². The summed E-state index contributed by atoms with van der Waals surface area (Å²) in [5.74, 6) is 0. The van der Waals surface area contributed by atoms with Crippen LogP contribution in [0.15, 0.2) is 65.1 Å². The first-order valence-electron chi connectivity index (χ1n) is 7.05. The number of hydrogen-bond acceptors (Lipinski definition) is 1. The fraction of sp³-hybridized carbons (Fsp3) is 0.158. The first kappa shape index (κ1) is 14.3. The zero-order chi connectivity index (χ0) is 14.8. The Morgan fingerprint density at radius 3 is 2.52 bits per heavy atom. The van der Waals surface area contributed by atoms with Crippen molar-refractivity contribution in [2.24, 2.45) is 0 Å². The SMILES string of the molecule is Cc1cccc(CC(O)c2ccc3cc(Br)ccc3c2)c1. The molecule has 1 unspecified atom stereocenters. The molecule has 0 aliphatic heterocycles. The van der Waals surface area contributed by atoms with Crippen LogP contribution in [0.1, 0.15) is 22.8 Å². The maximum absolute atomic E-state index is 10.5. The smallest absolute Gasteiger partial charge is 0.0830 e. The molecule has 3 aromatic carbocycles. The van der Waals surface area contributed by atoms with E-state index in [0.29, 0.717) is 6.42 Å². The first-order valence-corrected chi connectivity index (χ1v) is 7.84. The van der Waals surface area contributed by atoms with Crippen molar-refractivity contribution in [2.75, 3.05) is 0 Å².